The fourth-order valence-corrected chi connectivity index (χ4v) is 6.00. The molecule has 0 atom stereocenters. The van der Waals surface area contributed by atoms with Gasteiger partial charge >= 0.3 is 0 Å². The molecule has 1 fully saturated rings. The van der Waals surface area contributed by atoms with Crippen LogP contribution < -0.4 is 10.0 Å². The van der Waals surface area contributed by atoms with Crippen LogP contribution in [0.3, 0.4) is 0 Å². The Bertz CT molecular complexity index is 1510. The number of aryl methyl sites for hydroxylation is 2. The second-order valence-electron chi connectivity index (χ2n) is 8.80. The lowest BCUT2D eigenvalue weighted by Gasteiger charge is -2.28. The van der Waals surface area contributed by atoms with Crippen LogP contribution in [0.1, 0.15) is 28.1 Å². The van der Waals surface area contributed by atoms with Crippen molar-refractivity contribution in [2.75, 3.05) is 4.72 Å². The predicted molar refractivity (Wildman–Crippen MR) is 138 cm³/mol. The molecule has 1 aliphatic heterocycles. The average molecular weight is 516 g/mol. The van der Waals surface area contributed by atoms with Gasteiger partial charge in [-0.25, -0.2) is 8.42 Å². The summed E-state index contributed by atoms with van der Waals surface area (Å²) in [6.45, 7) is 3.25. The number of carbonyl (C=O) groups excluding carboxylic acids is 1. The Hall–Kier alpha value is -4.44. The predicted octanol–water partition coefficient (Wildman–Crippen LogP) is 3.90. The summed E-state index contributed by atoms with van der Waals surface area (Å²) in [5.41, 5.74) is 1.62. The number of aromatic nitrogens is 1. The van der Waals surface area contributed by atoms with Gasteiger partial charge in [0.25, 0.3) is 15.9 Å². The molecule has 4 aromatic rings. The number of guanidine groups is 1. The molecule has 3 aromatic carbocycles. The fraction of sp³-hybridized carbons (Fsp3) is 0.148. The Balaban J connectivity index is 1.40. The molecule has 0 saturated carbocycles. The molecule has 1 aromatic heterocycles. The lowest BCUT2D eigenvalue weighted by molar-refractivity contribution is -0.130. The van der Waals surface area contributed by atoms with Crippen LogP contribution in [0.25, 0.3) is 0 Å². The largest absolute Gasteiger partial charge is 0.360 e. The van der Waals surface area contributed by atoms with Gasteiger partial charge in [0, 0.05) is 5.69 Å². The number of carbonyl (C=O) groups is 1. The summed E-state index contributed by atoms with van der Waals surface area (Å²) in [5.74, 6) is -0.0699. The average Bonchev–Trinajstić information content (AvgIpc) is 3.37. The van der Waals surface area contributed by atoms with E-state index >= 15 is 0 Å². The number of benzene rings is 3. The summed E-state index contributed by atoms with van der Waals surface area (Å²) in [7, 11) is -3.88. The molecule has 9 nitrogen and oxygen atoms in total. The van der Waals surface area contributed by atoms with Gasteiger partial charge < -0.3 is 9.84 Å². The summed E-state index contributed by atoms with van der Waals surface area (Å²) in [6, 6.07) is 25.4. The van der Waals surface area contributed by atoms with E-state index in [-0.39, 0.29) is 34.8 Å². The molecule has 0 aliphatic carbocycles. The number of nitrogens with zero attached hydrogens (tertiary/aromatic N) is 2. The minimum atomic E-state index is -3.88. The number of anilines is 1. The van der Waals surface area contributed by atoms with Crippen molar-refractivity contribution in [3.05, 3.63) is 113 Å². The molecule has 0 bridgehead atoms. The van der Waals surface area contributed by atoms with E-state index in [4.69, 9.17) is 9.93 Å². The molecule has 0 radical (unpaired) electrons. The minimum absolute atomic E-state index is 0.0110. The van der Waals surface area contributed by atoms with Crippen LogP contribution in [0.4, 0.5) is 5.69 Å². The molecule has 1 saturated heterocycles. The Labute approximate surface area is 214 Å². The van der Waals surface area contributed by atoms with Crippen LogP contribution in [-0.4, -0.2) is 30.3 Å². The van der Waals surface area contributed by atoms with Gasteiger partial charge in [-0.1, -0.05) is 78.0 Å². The highest BCUT2D eigenvalue weighted by Gasteiger charge is 2.52. The van der Waals surface area contributed by atoms with Crippen LogP contribution in [0, 0.1) is 19.3 Å². The lowest BCUT2D eigenvalue weighted by atomic mass is 9.82. The molecular formula is C27H25N5O4S. The zero-order valence-corrected chi connectivity index (χ0v) is 21.0. The van der Waals surface area contributed by atoms with E-state index in [1.165, 1.54) is 4.90 Å². The summed E-state index contributed by atoms with van der Waals surface area (Å²) >= 11 is 0. The van der Waals surface area contributed by atoms with Crippen molar-refractivity contribution >= 4 is 27.6 Å². The third kappa shape index (κ3) is 4.25. The molecule has 188 valence electrons. The Morgan fingerprint density at radius 3 is 2.03 bits per heavy atom. The van der Waals surface area contributed by atoms with Crippen molar-refractivity contribution in [1.29, 1.82) is 5.41 Å². The van der Waals surface area contributed by atoms with Gasteiger partial charge in [0.05, 0.1) is 6.54 Å². The van der Waals surface area contributed by atoms with E-state index in [1.807, 2.05) is 60.7 Å². The molecule has 2 heterocycles. The first-order valence-electron chi connectivity index (χ1n) is 11.6. The zero-order valence-electron chi connectivity index (χ0n) is 20.2. The summed E-state index contributed by atoms with van der Waals surface area (Å²) in [4.78, 5) is 15.3. The maximum absolute atomic E-state index is 13.9. The highest BCUT2D eigenvalue weighted by atomic mass is 32.2. The van der Waals surface area contributed by atoms with Crippen molar-refractivity contribution in [3.63, 3.8) is 0 Å². The van der Waals surface area contributed by atoms with E-state index in [0.717, 1.165) is 16.7 Å². The van der Waals surface area contributed by atoms with Gasteiger partial charge in [-0.3, -0.25) is 19.8 Å². The van der Waals surface area contributed by atoms with Crippen LogP contribution >= 0.6 is 0 Å². The number of hydrogen-bond donors (Lipinski definition) is 3. The molecule has 0 spiro atoms. The standard InChI is InChI=1S/C27H25N5O4S/c1-18-24(19(2)36-30-18)37(34,35)31-23-15-13-20(14-16-23)17-32-25(33)27(29-26(32)28,21-9-5-3-6-10-21)22-11-7-4-8-12-22/h3-16,31H,17H2,1-2H3,(H2,28,29). The second-order valence-corrected chi connectivity index (χ2v) is 10.4. The number of hydrogen-bond acceptors (Lipinski definition) is 6. The first kappa shape index (κ1) is 24.3. The normalized spacial score (nSPS) is 15.0. The van der Waals surface area contributed by atoms with Gasteiger partial charge in [0.1, 0.15) is 5.69 Å². The van der Waals surface area contributed by atoms with Crippen LogP contribution in [0.2, 0.25) is 0 Å². The van der Waals surface area contributed by atoms with Gasteiger partial charge in [-0.2, -0.15) is 0 Å². The Kier molecular flexibility index (Phi) is 6.04. The summed E-state index contributed by atoms with van der Waals surface area (Å²) in [5, 5.41) is 15.5. The highest BCUT2D eigenvalue weighted by molar-refractivity contribution is 7.92. The van der Waals surface area contributed by atoms with Crippen molar-refractivity contribution in [2.24, 2.45) is 0 Å². The van der Waals surface area contributed by atoms with Crippen molar-refractivity contribution in [2.45, 2.75) is 30.8 Å². The lowest BCUT2D eigenvalue weighted by Crippen LogP contribution is -2.45. The molecule has 37 heavy (non-hydrogen) atoms. The smallest absolute Gasteiger partial charge is 0.267 e. The van der Waals surface area contributed by atoms with E-state index in [2.05, 4.69) is 15.2 Å². The highest BCUT2D eigenvalue weighted by Crippen LogP contribution is 2.36. The molecule has 5 rings (SSSR count). The zero-order chi connectivity index (χ0) is 26.2. The first-order chi connectivity index (χ1) is 17.7. The molecule has 0 unspecified atom stereocenters. The molecule has 1 amide bonds. The van der Waals surface area contributed by atoms with Crippen LogP contribution in [-0.2, 0) is 26.9 Å². The van der Waals surface area contributed by atoms with E-state index in [9.17, 15) is 13.2 Å². The van der Waals surface area contributed by atoms with Gasteiger partial charge in [-0.05, 0) is 42.7 Å². The van der Waals surface area contributed by atoms with E-state index in [1.54, 1.807) is 38.1 Å². The van der Waals surface area contributed by atoms with Gasteiger partial charge in [-0.15, -0.1) is 0 Å². The maximum atomic E-state index is 13.9. The van der Waals surface area contributed by atoms with Crippen molar-refractivity contribution in [3.8, 4) is 0 Å². The molecule has 1 aliphatic rings. The topological polar surface area (TPSA) is 128 Å². The van der Waals surface area contributed by atoms with Crippen LogP contribution in [0.15, 0.2) is 94.3 Å². The minimum Gasteiger partial charge on any atom is -0.360 e. The second kappa shape index (κ2) is 9.21. The van der Waals surface area contributed by atoms with Crippen molar-refractivity contribution in [1.82, 2.24) is 15.4 Å². The van der Waals surface area contributed by atoms with Gasteiger partial charge in [0.15, 0.2) is 22.2 Å². The summed E-state index contributed by atoms with van der Waals surface area (Å²) in [6.07, 6.45) is 0. The number of amides is 1. The van der Waals surface area contributed by atoms with Crippen LogP contribution in [0.5, 0.6) is 0 Å². The van der Waals surface area contributed by atoms with E-state index in [0.29, 0.717) is 5.69 Å². The van der Waals surface area contributed by atoms with E-state index < -0.39 is 15.6 Å². The number of sulfonamides is 1. The third-order valence-corrected chi connectivity index (χ3v) is 7.96. The SMILES string of the molecule is Cc1noc(C)c1S(=O)(=O)Nc1ccc(CN2C(=N)NC(c3ccccc3)(c3ccccc3)C2=O)cc1. The van der Waals surface area contributed by atoms with Gasteiger partial charge in [0.2, 0.25) is 0 Å². The fourth-order valence-electron chi connectivity index (χ4n) is 4.61. The first-order valence-corrected chi connectivity index (χ1v) is 13.0. The maximum Gasteiger partial charge on any atom is 0.267 e. The number of rotatable bonds is 7. The monoisotopic (exact) mass is 515 g/mol. The quantitative estimate of drug-likeness (QED) is 0.342. The Morgan fingerprint density at radius 2 is 1.51 bits per heavy atom. The molecular weight excluding hydrogens is 490 g/mol. The number of nitrogens with one attached hydrogen (secondary N) is 3. The Morgan fingerprint density at radius 1 is 0.946 bits per heavy atom. The summed E-state index contributed by atoms with van der Waals surface area (Å²) < 4.78 is 33.1. The molecule has 10 heteroatoms. The molecule has 3 N–H and O–H groups in total. The third-order valence-electron chi connectivity index (χ3n) is 6.34. The van der Waals surface area contributed by atoms with Crippen molar-refractivity contribution < 1.29 is 17.7 Å².